The van der Waals surface area contributed by atoms with Crippen molar-refractivity contribution in [1.82, 2.24) is 0 Å². The number of hydrogen-bond acceptors (Lipinski definition) is 5. The molecule has 34 heavy (non-hydrogen) atoms. The highest BCUT2D eigenvalue weighted by Crippen LogP contribution is 2.28. The summed E-state index contributed by atoms with van der Waals surface area (Å²) in [7, 11) is -4.00. The number of anilines is 4. The van der Waals surface area contributed by atoms with Crippen molar-refractivity contribution in [1.29, 1.82) is 0 Å². The van der Waals surface area contributed by atoms with Crippen molar-refractivity contribution in [2.75, 3.05) is 10.6 Å². The minimum atomic E-state index is -4.00. The smallest absolute Gasteiger partial charge is 0.339 e. The van der Waals surface area contributed by atoms with Gasteiger partial charge in [-0.25, -0.2) is 0 Å². The Hall–Kier alpha value is -4.29. The van der Waals surface area contributed by atoms with Crippen LogP contribution in [-0.4, -0.2) is 8.42 Å². The highest BCUT2D eigenvalue weighted by atomic mass is 32.2. The third kappa shape index (κ3) is 4.87. The van der Waals surface area contributed by atoms with Gasteiger partial charge in [0.1, 0.15) is 10.6 Å². The number of para-hydroxylation sites is 1. The van der Waals surface area contributed by atoms with Crippen LogP contribution in [0, 0.1) is 0 Å². The van der Waals surface area contributed by atoms with E-state index in [1.54, 1.807) is 36.4 Å². The van der Waals surface area contributed by atoms with Gasteiger partial charge in [-0.1, -0.05) is 60.7 Å². The zero-order chi connectivity index (χ0) is 23.4. The zero-order valence-electron chi connectivity index (χ0n) is 18.2. The Morgan fingerprint density at radius 2 is 1.09 bits per heavy atom. The van der Waals surface area contributed by atoms with Crippen LogP contribution in [0.4, 0.5) is 22.7 Å². The minimum Gasteiger partial charge on any atom is -0.379 e. The summed E-state index contributed by atoms with van der Waals surface area (Å²) in [6.07, 6.45) is 0. The first kappa shape index (κ1) is 21.6. The maximum atomic E-state index is 13.0. The van der Waals surface area contributed by atoms with Crippen LogP contribution < -0.4 is 14.8 Å². The van der Waals surface area contributed by atoms with Crippen molar-refractivity contribution in [2.45, 2.75) is 4.90 Å². The molecule has 0 aliphatic heterocycles. The number of rotatable bonds is 7. The van der Waals surface area contributed by atoms with Crippen LogP contribution in [0.25, 0.3) is 10.8 Å². The maximum Gasteiger partial charge on any atom is 0.339 e. The molecule has 0 fully saturated rings. The molecule has 0 aromatic heterocycles. The van der Waals surface area contributed by atoms with Gasteiger partial charge in [0, 0.05) is 34.2 Å². The Morgan fingerprint density at radius 3 is 1.85 bits per heavy atom. The monoisotopic (exact) mass is 466 g/mol. The van der Waals surface area contributed by atoms with E-state index in [4.69, 9.17) is 4.18 Å². The van der Waals surface area contributed by atoms with Crippen LogP contribution in [-0.2, 0) is 10.1 Å². The highest BCUT2D eigenvalue weighted by Gasteiger charge is 2.19. The first-order valence-corrected chi connectivity index (χ1v) is 12.2. The molecule has 0 unspecified atom stereocenters. The molecule has 0 bridgehead atoms. The molecule has 0 atom stereocenters. The van der Waals surface area contributed by atoms with E-state index in [1.165, 1.54) is 0 Å². The number of fused-ring (bicyclic) bond motifs is 1. The van der Waals surface area contributed by atoms with Crippen molar-refractivity contribution >= 4 is 43.6 Å². The molecule has 0 radical (unpaired) electrons. The van der Waals surface area contributed by atoms with Crippen molar-refractivity contribution in [3.8, 4) is 5.75 Å². The Morgan fingerprint density at radius 1 is 0.529 bits per heavy atom. The molecule has 0 saturated heterocycles. The van der Waals surface area contributed by atoms with Gasteiger partial charge < -0.3 is 14.8 Å². The van der Waals surface area contributed by atoms with Crippen molar-refractivity contribution in [2.24, 2.45) is 0 Å². The molecular weight excluding hydrogens is 444 g/mol. The van der Waals surface area contributed by atoms with Crippen LogP contribution >= 0.6 is 0 Å². The van der Waals surface area contributed by atoms with Gasteiger partial charge in [0.2, 0.25) is 0 Å². The minimum absolute atomic E-state index is 0.144. The molecule has 168 valence electrons. The van der Waals surface area contributed by atoms with Crippen LogP contribution in [0.1, 0.15) is 0 Å². The summed E-state index contributed by atoms with van der Waals surface area (Å²) in [6, 6.07) is 37.2. The average Bonchev–Trinajstić information content (AvgIpc) is 2.85. The summed E-state index contributed by atoms with van der Waals surface area (Å²) in [6.45, 7) is 0. The number of nitrogens with one attached hydrogen (secondary N) is 2. The Balaban J connectivity index is 1.32. The molecule has 0 saturated carbocycles. The molecule has 5 aromatic carbocycles. The second kappa shape index (κ2) is 9.29. The van der Waals surface area contributed by atoms with E-state index < -0.39 is 10.1 Å². The third-order valence-electron chi connectivity index (χ3n) is 5.29. The number of hydrogen-bond donors (Lipinski definition) is 2. The zero-order valence-corrected chi connectivity index (χ0v) is 19.0. The molecule has 5 nitrogen and oxygen atoms in total. The molecule has 0 amide bonds. The fourth-order valence-corrected chi connectivity index (χ4v) is 4.85. The molecule has 0 aliphatic carbocycles. The fraction of sp³-hybridized carbons (Fsp3) is 0. The predicted molar refractivity (Wildman–Crippen MR) is 138 cm³/mol. The lowest BCUT2D eigenvalue weighted by atomic mass is 10.1. The number of benzene rings is 5. The second-order valence-electron chi connectivity index (χ2n) is 7.74. The summed E-state index contributed by atoms with van der Waals surface area (Å²) in [5, 5.41) is 8.10. The predicted octanol–water partition coefficient (Wildman–Crippen LogP) is 7.09. The molecule has 2 N–H and O–H groups in total. The van der Waals surface area contributed by atoms with Gasteiger partial charge in [-0.05, 0) is 60.0 Å². The third-order valence-corrected chi connectivity index (χ3v) is 6.60. The molecule has 0 aliphatic rings. The van der Waals surface area contributed by atoms with Gasteiger partial charge in [-0.15, -0.1) is 0 Å². The lowest BCUT2D eigenvalue weighted by molar-refractivity contribution is 0.487. The maximum absolute atomic E-state index is 13.0. The summed E-state index contributed by atoms with van der Waals surface area (Å²) in [4.78, 5) is 0.144. The van der Waals surface area contributed by atoms with Crippen LogP contribution in [0.5, 0.6) is 5.75 Å². The van der Waals surface area contributed by atoms with Crippen molar-refractivity contribution < 1.29 is 12.6 Å². The first-order valence-electron chi connectivity index (χ1n) is 10.8. The van der Waals surface area contributed by atoms with Crippen molar-refractivity contribution in [3.05, 3.63) is 121 Å². The van der Waals surface area contributed by atoms with E-state index in [0.717, 1.165) is 28.1 Å². The van der Waals surface area contributed by atoms with Gasteiger partial charge in [0.05, 0.1) is 0 Å². The molecule has 5 rings (SSSR count). The summed E-state index contributed by atoms with van der Waals surface area (Å²) >= 11 is 0. The van der Waals surface area contributed by atoms with Crippen LogP contribution in [0.2, 0.25) is 0 Å². The van der Waals surface area contributed by atoms with E-state index in [2.05, 4.69) is 10.6 Å². The standard InChI is InChI=1S/C28H22N2O3S/c31-34(32,28-15-6-9-21-8-4-5-14-27(21)28)33-26-13-7-12-25(20-26)30-24-18-16-23(17-19-24)29-22-10-2-1-3-11-22/h1-20,29-30H. The van der Waals surface area contributed by atoms with Gasteiger partial charge in [-0.2, -0.15) is 8.42 Å². The van der Waals surface area contributed by atoms with E-state index in [1.807, 2.05) is 84.9 Å². The van der Waals surface area contributed by atoms with E-state index in [0.29, 0.717) is 5.39 Å². The van der Waals surface area contributed by atoms with E-state index >= 15 is 0 Å². The first-order chi connectivity index (χ1) is 16.6. The average molecular weight is 467 g/mol. The summed E-state index contributed by atoms with van der Waals surface area (Å²) in [5.41, 5.74) is 3.57. The van der Waals surface area contributed by atoms with Crippen LogP contribution in [0.15, 0.2) is 126 Å². The summed E-state index contributed by atoms with van der Waals surface area (Å²) < 4.78 is 31.5. The largest absolute Gasteiger partial charge is 0.379 e. The quantitative estimate of drug-likeness (QED) is 0.251. The highest BCUT2D eigenvalue weighted by molar-refractivity contribution is 7.87. The Labute approximate surface area is 198 Å². The van der Waals surface area contributed by atoms with Gasteiger partial charge in [-0.3, -0.25) is 0 Å². The van der Waals surface area contributed by atoms with Crippen LogP contribution in [0.3, 0.4) is 0 Å². The Bertz CT molecular complexity index is 1530. The molecule has 0 spiro atoms. The fourth-order valence-electron chi connectivity index (χ4n) is 3.70. The van der Waals surface area contributed by atoms with Gasteiger partial charge >= 0.3 is 10.1 Å². The normalized spacial score (nSPS) is 11.2. The summed E-state index contributed by atoms with van der Waals surface area (Å²) in [5.74, 6) is 0.236. The van der Waals surface area contributed by atoms with E-state index in [9.17, 15) is 8.42 Å². The molecule has 5 aromatic rings. The topological polar surface area (TPSA) is 67.4 Å². The molecule has 6 heteroatoms. The second-order valence-corrected chi connectivity index (χ2v) is 9.25. The molecule has 0 heterocycles. The lowest BCUT2D eigenvalue weighted by Crippen LogP contribution is -2.10. The Kier molecular flexibility index (Phi) is 5.89. The molecular formula is C28H22N2O3S. The van der Waals surface area contributed by atoms with Gasteiger partial charge in [0.15, 0.2) is 0 Å². The lowest BCUT2D eigenvalue weighted by Gasteiger charge is -2.12. The van der Waals surface area contributed by atoms with Crippen molar-refractivity contribution in [3.63, 3.8) is 0 Å². The SMILES string of the molecule is O=S(=O)(Oc1cccc(Nc2ccc(Nc3ccccc3)cc2)c1)c1cccc2ccccc12. The van der Waals surface area contributed by atoms with Gasteiger partial charge in [0.25, 0.3) is 0 Å². The van der Waals surface area contributed by atoms with E-state index in [-0.39, 0.29) is 10.6 Å².